The van der Waals surface area contributed by atoms with E-state index in [1.807, 2.05) is 30.3 Å². The number of nitrogens with zero attached hydrogens (tertiary/aromatic N) is 2. The smallest absolute Gasteiger partial charge is 0.270 e. The average molecular weight is 558 g/mol. The SMILES string of the molecule is COc1ccc([N+](=O)[O-])cc1-c1ccc(C=Nc2sc3c(c2C(=O)Nc2ccccc2)CC[C@H](C(C)(C)C)C3)o1. The molecule has 5 rings (SSSR count). The van der Waals surface area contributed by atoms with Gasteiger partial charge < -0.3 is 14.5 Å². The van der Waals surface area contributed by atoms with Crippen LogP contribution in [0.2, 0.25) is 0 Å². The van der Waals surface area contributed by atoms with Gasteiger partial charge in [-0.1, -0.05) is 39.0 Å². The Morgan fingerprint density at radius 2 is 1.95 bits per heavy atom. The number of hydrogen-bond donors (Lipinski definition) is 1. The van der Waals surface area contributed by atoms with Crippen LogP contribution in [0.3, 0.4) is 0 Å². The summed E-state index contributed by atoms with van der Waals surface area (Å²) in [6, 6.07) is 17.2. The maximum Gasteiger partial charge on any atom is 0.270 e. The number of aliphatic imine (C=N–C) groups is 1. The molecule has 2 heterocycles. The predicted octanol–water partition coefficient (Wildman–Crippen LogP) is 8.08. The number of nitro benzene ring substituents is 1. The summed E-state index contributed by atoms with van der Waals surface area (Å²) in [6.07, 6.45) is 4.36. The lowest BCUT2D eigenvalue weighted by molar-refractivity contribution is -0.384. The van der Waals surface area contributed by atoms with Gasteiger partial charge in [-0.2, -0.15) is 0 Å². The molecule has 1 atom stereocenters. The van der Waals surface area contributed by atoms with Crippen LogP contribution in [0, 0.1) is 21.4 Å². The van der Waals surface area contributed by atoms with Gasteiger partial charge in [0, 0.05) is 22.7 Å². The molecule has 40 heavy (non-hydrogen) atoms. The van der Waals surface area contributed by atoms with E-state index in [4.69, 9.17) is 14.1 Å². The van der Waals surface area contributed by atoms with Crippen LogP contribution in [-0.2, 0) is 12.8 Å². The Balaban J connectivity index is 1.48. The number of ether oxygens (including phenoxy) is 1. The third kappa shape index (κ3) is 5.70. The average Bonchev–Trinajstić information content (AvgIpc) is 3.55. The van der Waals surface area contributed by atoms with Crippen LogP contribution >= 0.6 is 11.3 Å². The van der Waals surface area contributed by atoms with Crippen molar-refractivity contribution in [3.8, 4) is 17.1 Å². The fourth-order valence-electron chi connectivity index (χ4n) is 5.04. The summed E-state index contributed by atoms with van der Waals surface area (Å²) in [4.78, 5) is 30.3. The molecule has 8 nitrogen and oxygen atoms in total. The molecule has 1 aliphatic rings. The highest BCUT2D eigenvalue weighted by atomic mass is 32.1. The number of para-hydroxylation sites is 1. The van der Waals surface area contributed by atoms with Gasteiger partial charge in [-0.25, -0.2) is 4.99 Å². The maximum absolute atomic E-state index is 13.5. The number of benzene rings is 2. The molecule has 206 valence electrons. The van der Waals surface area contributed by atoms with E-state index in [1.54, 1.807) is 35.8 Å². The molecule has 0 spiro atoms. The minimum atomic E-state index is -0.459. The van der Waals surface area contributed by atoms with E-state index in [2.05, 4.69) is 26.1 Å². The largest absolute Gasteiger partial charge is 0.496 e. The van der Waals surface area contributed by atoms with Crippen molar-refractivity contribution in [3.05, 3.63) is 92.5 Å². The Morgan fingerprint density at radius 1 is 1.18 bits per heavy atom. The summed E-state index contributed by atoms with van der Waals surface area (Å²) in [7, 11) is 1.50. The monoisotopic (exact) mass is 557 g/mol. The molecule has 9 heteroatoms. The topological polar surface area (TPSA) is 107 Å². The summed E-state index contributed by atoms with van der Waals surface area (Å²) in [6.45, 7) is 6.80. The predicted molar refractivity (Wildman–Crippen MR) is 158 cm³/mol. The summed E-state index contributed by atoms with van der Waals surface area (Å²) < 4.78 is 11.4. The van der Waals surface area contributed by atoms with E-state index in [0.29, 0.717) is 39.3 Å². The third-order valence-corrected chi connectivity index (χ3v) is 8.49. The molecule has 4 aromatic rings. The van der Waals surface area contributed by atoms with Gasteiger partial charge in [0.05, 0.1) is 29.4 Å². The first-order valence-corrected chi connectivity index (χ1v) is 13.9. The van der Waals surface area contributed by atoms with Crippen molar-refractivity contribution < 1.29 is 18.9 Å². The molecule has 0 aliphatic heterocycles. The zero-order chi connectivity index (χ0) is 28.4. The first kappa shape index (κ1) is 27.3. The van der Waals surface area contributed by atoms with Crippen LogP contribution in [0.1, 0.15) is 53.8 Å². The van der Waals surface area contributed by atoms with E-state index in [1.165, 1.54) is 24.1 Å². The molecule has 1 N–H and O–H groups in total. The van der Waals surface area contributed by atoms with E-state index >= 15 is 0 Å². The van der Waals surface area contributed by atoms with Crippen molar-refractivity contribution in [2.24, 2.45) is 16.3 Å². The summed E-state index contributed by atoms with van der Waals surface area (Å²) >= 11 is 1.56. The molecule has 2 aromatic carbocycles. The van der Waals surface area contributed by atoms with Crippen molar-refractivity contribution in [1.82, 2.24) is 0 Å². The second-order valence-corrected chi connectivity index (χ2v) is 12.0. The number of thiophene rings is 1. The normalized spacial score (nSPS) is 15.2. The Labute approximate surface area is 236 Å². The van der Waals surface area contributed by atoms with Crippen molar-refractivity contribution in [2.75, 3.05) is 12.4 Å². The molecule has 0 radical (unpaired) electrons. The van der Waals surface area contributed by atoms with E-state index in [-0.39, 0.29) is 17.0 Å². The lowest BCUT2D eigenvalue weighted by Crippen LogP contribution is -2.27. The molecule has 0 bridgehead atoms. The molecule has 0 unspecified atom stereocenters. The highest BCUT2D eigenvalue weighted by Crippen LogP contribution is 2.45. The van der Waals surface area contributed by atoms with E-state index < -0.39 is 4.92 Å². The number of furan rings is 1. The van der Waals surface area contributed by atoms with E-state index in [9.17, 15) is 14.9 Å². The zero-order valence-electron chi connectivity index (χ0n) is 22.9. The fraction of sp³-hybridized carbons (Fsp3) is 0.290. The number of non-ortho nitro benzene ring substituents is 1. The molecule has 1 amide bonds. The van der Waals surface area contributed by atoms with Gasteiger partial charge in [0.1, 0.15) is 22.3 Å². The zero-order valence-corrected chi connectivity index (χ0v) is 23.7. The lowest BCUT2D eigenvalue weighted by Gasteiger charge is -2.33. The summed E-state index contributed by atoms with van der Waals surface area (Å²) in [5.41, 5.74) is 3.00. The van der Waals surface area contributed by atoms with Crippen LogP contribution in [0.5, 0.6) is 5.75 Å². The molecule has 0 saturated heterocycles. The van der Waals surface area contributed by atoms with Gasteiger partial charge in [-0.05, 0) is 66.5 Å². The van der Waals surface area contributed by atoms with Crippen LogP contribution in [0.25, 0.3) is 11.3 Å². The number of nitro groups is 1. The highest BCUT2D eigenvalue weighted by molar-refractivity contribution is 7.16. The molecular formula is C31H31N3O5S. The Morgan fingerprint density at radius 3 is 2.65 bits per heavy atom. The number of rotatable bonds is 7. The first-order valence-electron chi connectivity index (χ1n) is 13.1. The number of methoxy groups -OCH3 is 1. The van der Waals surface area contributed by atoms with Gasteiger partial charge in [0.25, 0.3) is 11.6 Å². The number of carbonyl (C=O) groups excluding carboxylic acids is 1. The standard InChI is InChI=1S/C31H31N3O5S/c1-31(2,3)19-10-13-23-27(16-19)40-30(28(23)29(35)33-20-8-6-5-7-9-20)32-18-22-12-15-26(39-22)24-17-21(34(36)37)11-14-25(24)38-4/h5-9,11-12,14-15,17-19H,10,13,16H2,1-4H3,(H,33,35)/t19-/m0/s1. The van der Waals surface area contributed by atoms with Gasteiger partial charge >= 0.3 is 0 Å². The van der Waals surface area contributed by atoms with Crippen molar-refractivity contribution >= 4 is 39.8 Å². The number of amides is 1. The number of fused-ring (bicyclic) bond motifs is 1. The second kappa shape index (κ2) is 11.1. The number of anilines is 1. The number of hydrogen-bond acceptors (Lipinski definition) is 7. The third-order valence-electron chi connectivity index (χ3n) is 7.33. The maximum atomic E-state index is 13.5. The van der Waals surface area contributed by atoms with Crippen molar-refractivity contribution in [1.29, 1.82) is 0 Å². The van der Waals surface area contributed by atoms with Gasteiger partial charge in [0.15, 0.2) is 0 Å². The highest BCUT2D eigenvalue weighted by Gasteiger charge is 2.33. The van der Waals surface area contributed by atoms with Crippen molar-refractivity contribution in [2.45, 2.75) is 40.0 Å². The quantitative estimate of drug-likeness (QED) is 0.140. The molecule has 0 saturated carbocycles. The molecule has 2 aromatic heterocycles. The Hall–Kier alpha value is -4.24. The number of carbonyl (C=O) groups is 1. The van der Waals surface area contributed by atoms with Crippen LogP contribution in [-0.4, -0.2) is 24.2 Å². The Kier molecular flexibility index (Phi) is 7.58. The second-order valence-electron chi connectivity index (χ2n) is 10.9. The molecule has 1 aliphatic carbocycles. The number of nitrogens with one attached hydrogen (secondary N) is 1. The lowest BCUT2D eigenvalue weighted by atomic mass is 9.72. The first-order chi connectivity index (χ1) is 19.1. The van der Waals surface area contributed by atoms with Crippen LogP contribution in [0.4, 0.5) is 16.4 Å². The van der Waals surface area contributed by atoms with Crippen molar-refractivity contribution in [3.63, 3.8) is 0 Å². The fourth-order valence-corrected chi connectivity index (χ4v) is 6.31. The van der Waals surface area contributed by atoms with Crippen LogP contribution < -0.4 is 10.1 Å². The van der Waals surface area contributed by atoms with Gasteiger partial charge in [-0.3, -0.25) is 14.9 Å². The molecular weight excluding hydrogens is 526 g/mol. The summed E-state index contributed by atoms with van der Waals surface area (Å²) in [5.74, 6) is 1.69. The van der Waals surface area contributed by atoms with Crippen LogP contribution in [0.15, 0.2) is 70.1 Å². The van der Waals surface area contributed by atoms with Gasteiger partial charge in [0.2, 0.25) is 0 Å². The minimum absolute atomic E-state index is 0.0609. The molecule has 0 fully saturated rings. The van der Waals surface area contributed by atoms with E-state index in [0.717, 1.165) is 30.5 Å². The minimum Gasteiger partial charge on any atom is -0.496 e. The van der Waals surface area contributed by atoms with Gasteiger partial charge in [-0.15, -0.1) is 11.3 Å². The Bertz CT molecular complexity index is 1580. The summed E-state index contributed by atoms with van der Waals surface area (Å²) in [5, 5.41) is 15.0.